The lowest BCUT2D eigenvalue weighted by molar-refractivity contribution is 0.0428. The second kappa shape index (κ2) is 8.85. The Balaban J connectivity index is 1.76. The maximum atomic E-state index is 12.7. The first kappa shape index (κ1) is 21.2. The van der Waals surface area contributed by atoms with Gasteiger partial charge in [-0.3, -0.25) is 0 Å². The number of ether oxygens (including phenoxy) is 1. The van der Waals surface area contributed by atoms with Crippen molar-refractivity contribution in [1.29, 1.82) is 0 Å². The minimum absolute atomic E-state index is 0.0521. The van der Waals surface area contributed by atoms with E-state index in [1.807, 2.05) is 16.8 Å². The Morgan fingerprint density at radius 2 is 2.00 bits per heavy atom. The summed E-state index contributed by atoms with van der Waals surface area (Å²) in [7, 11) is -3.68. The number of aromatic nitrogens is 2. The van der Waals surface area contributed by atoms with Gasteiger partial charge in [0.15, 0.2) is 6.61 Å². The number of carbonyl (C=O) groups is 1. The van der Waals surface area contributed by atoms with Crippen LogP contribution in [0, 0.1) is 6.92 Å². The SMILES string of the molecule is CCN(CC)S(=O)(=O)c1ccc(C)c(C(=O)OCc2nc(-c3ccsc3)no2)c1. The molecule has 10 heteroatoms. The third kappa shape index (κ3) is 4.55. The third-order valence-corrected chi connectivity index (χ3v) is 7.08. The van der Waals surface area contributed by atoms with E-state index in [1.54, 1.807) is 26.8 Å². The van der Waals surface area contributed by atoms with E-state index in [0.29, 0.717) is 24.5 Å². The molecule has 0 unspecified atom stereocenters. The zero-order valence-corrected chi connectivity index (χ0v) is 17.9. The van der Waals surface area contributed by atoms with E-state index in [0.717, 1.165) is 5.56 Å². The maximum absolute atomic E-state index is 12.7. The first-order valence-corrected chi connectivity index (χ1v) is 11.4. The molecule has 2 heterocycles. The summed E-state index contributed by atoms with van der Waals surface area (Å²) in [5.41, 5.74) is 1.61. The number of esters is 1. The van der Waals surface area contributed by atoms with Crippen molar-refractivity contribution in [1.82, 2.24) is 14.4 Å². The molecule has 3 rings (SSSR count). The van der Waals surface area contributed by atoms with E-state index in [-0.39, 0.29) is 23.0 Å². The standard InChI is InChI=1S/C19H21N3O5S2/c1-4-22(5-2)29(24,25)15-7-6-13(3)16(10-15)19(23)26-11-17-20-18(21-27-17)14-8-9-28-12-14/h6-10,12H,4-5,11H2,1-3H3. The third-order valence-electron chi connectivity index (χ3n) is 4.35. The van der Waals surface area contributed by atoms with E-state index in [2.05, 4.69) is 10.1 Å². The number of rotatable bonds is 8. The summed E-state index contributed by atoms with van der Waals surface area (Å²) in [6.07, 6.45) is 0. The quantitative estimate of drug-likeness (QED) is 0.499. The molecular formula is C19H21N3O5S2. The molecule has 0 atom stereocenters. The average Bonchev–Trinajstić information content (AvgIpc) is 3.38. The minimum atomic E-state index is -3.68. The van der Waals surface area contributed by atoms with Crippen molar-refractivity contribution in [2.24, 2.45) is 0 Å². The van der Waals surface area contributed by atoms with Crippen LogP contribution in [-0.4, -0.2) is 41.9 Å². The predicted molar refractivity (Wildman–Crippen MR) is 108 cm³/mol. The molecule has 0 aliphatic carbocycles. The normalized spacial score (nSPS) is 11.7. The summed E-state index contributed by atoms with van der Waals surface area (Å²) in [5, 5.41) is 7.63. The van der Waals surface area contributed by atoms with E-state index < -0.39 is 16.0 Å². The largest absolute Gasteiger partial charge is 0.452 e. The highest BCUT2D eigenvalue weighted by Gasteiger charge is 2.24. The summed E-state index contributed by atoms with van der Waals surface area (Å²) in [6, 6.07) is 6.28. The molecule has 0 N–H and O–H groups in total. The van der Waals surface area contributed by atoms with Gasteiger partial charge in [-0.05, 0) is 36.1 Å². The van der Waals surface area contributed by atoms with Gasteiger partial charge in [-0.25, -0.2) is 13.2 Å². The summed E-state index contributed by atoms with van der Waals surface area (Å²) >= 11 is 1.51. The Bertz CT molecular complexity index is 1090. The van der Waals surface area contributed by atoms with Gasteiger partial charge in [0.2, 0.25) is 15.8 Å². The Labute approximate surface area is 173 Å². The molecule has 1 aromatic carbocycles. The summed E-state index contributed by atoms with van der Waals surface area (Å²) < 4.78 is 37.1. The van der Waals surface area contributed by atoms with Gasteiger partial charge in [-0.1, -0.05) is 25.1 Å². The van der Waals surface area contributed by atoms with Crippen LogP contribution in [0.1, 0.15) is 35.7 Å². The number of carbonyl (C=O) groups excluding carboxylic acids is 1. The van der Waals surface area contributed by atoms with Crippen molar-refractivity contribution in [3.8, 4) is 11.4 Å². The van der Waals surface area contributed by atoms with Gasteiger partial charge in [0, 0.05) is 24.0 Å². The fourth-order valence-corrected chi connectivity index (χ4v) is 4.84. The molecule has 8 nitrogen and oxygen atoms in total. The minimum Gasteiger partial charge on any atom is -0.452 e. The molecule has 0 spiro atoms. The van der Waals surface area contributed by atoms with Gasteiger partial charge in [0.1, 0.15) is 0 Å². The zero-order valence-electron chi connectivity index (χ0n) is 16.3. The molecule has 0 saturated carbocycles. The molecule has 154 valence electrons. The van der Waals surface area contributed by atoms with Gasteiger partial charge in [-0.15, -0.1) is 0 Å². The Kier molecular flexibility index (Phi) is 6.46. The number of hydrogen-bond donors (Lipinski definition) is 0. The maximum Gasteiger partial charge on any atom is 0.338 e. The molecule has 0 amide bonds. The lowest BCUT2D eigenvalue weighted by atomic mass is 10.1. The number of hydrogen-bond acceptors (Lipinski definition) is 8. The number of sulfonamides is 1. The van der Waals surface area contributed by atoms with Crippen molar-refractivity contribution in [2.75, 3.05) is 13.1 Å². The van der Waals surface area contributed by atoms with Gasteiger partial charge in [0.05, 0.1) is 10.5 Å². The summed E-state index contributed by atoms with van der Waals surface area (Å²) in [6.45, 7) is 5.72. The molecular weight excluding hydrogens is 414 g/mol. The van der Waals surface area contributed by atoms with Crippen molar-refractivity contribution in [3.05, 3.63) is 52.0 Å². The monoisotopic (exact) mass is 435 g/mol. The molecule has 0 saturated heterocycles. The first-order valence-electron chi connectivity index (χ1n) is 8.99. The van der Waals surface area contributed by atoms with Gasteiger partial charge in [0.25, 0.3) is 5.89 Å². The van der Waals surface area contributed by atoms with Crippen molar-refractivity contribution >= 4 is 27.3 Å². The molecule has 2 aromatic heterocycles. The van der Waals surface area contributed by atoms with Crippen LogP contribution in [0.25, 0.3) is 11.4 Å². The Hall–Kier alpha value is -2.56. The number of nitrogens with zero attached hydrogens (tertiary/aromatic N) is 3. The highest BCUT2D eigenvalue weighted by molar-refractivity contribution is 7.89. The molecule has 0 fully saturated rings. The second-order valence-corrected chi connectivity index (χ2v) is 8.88. The second-order valence-electron chi connectivity index (χ2n) is 6.17. The molecule has 0 bridgehead atoms. The summed E-state index contributed by atoms with van der Waals surface area (Å²) in [5.74, 6) is -0.0840. The highest BCUT2D eigenvalue weighted by Crippen LogP contribution is 2.21. The molecule has 29 heavy (non-hydrogen) atoms. The Morgan fingerprint density at radius 1 is 1.24 bits per heavy atom. The molecule has 0 aliphatic heterocycles. The Morgan fingerprint density at radius 3 is 2.66 bits per heavy atom. The van der Waals surface area contributed by atoms with E-state index in [4.69, 9.17) is 9.26 Å². The van der Waals surface area contributed by atoms with Crippen LogP contribution in [0.2, 0.25) is 0 Å². The average molecular weight is 436 g/mol. The zero-order chi connectivity index (χ0) is 21.0. The van der Waals surface area contributed by atoms with Gasteiger partial charge < -0.3 is 9.26 Å². The van der Waals surface area contributed by atoms with Crippen molar-refractivity contribution in [2.45, 2.75) is 32.3 Å². The van der Waals surface area contributed by atoms with Crippen LogP contribution in [-0.2, 0) is 21.4 Å². The van der Waals surface area contributed by atoms with Gasteiger partial charge >= 0.3 is 5.97 Å². The first-order chi connectivity index (χ1) is 13.9. The smallest absolute Gasteiger partial charge is 0.338 e. The number of aryl methyl sites for hydroxylation is 1. The predicted octanol–water partition coefficient (Wildman–Crippen LogP) is 3.49. The van der Waals surface area contributed by atoms with E-state index in [9.17, 15) is 13.2 Å². The number of thiophene rings is 1. The van der Waals surface area contributed by atoms with Crippen LogP contribution in [0.3, 0.4) is 0 Å². The fraction of sp³-hybridized carbons (Fsp3) is 0.316. The van der Waals surface area contributed by atoms with E-state index >= 15 is 0 Å². The van der Waals surface area contributed by atoms with Crippen LogP contribution >= 0.6 is 11.3 Å². The molecule has 0 radical (unpaired) electrons. The van der Waals surface area contributed by atoms with Gasteiger partial charge in [-0.2, -0.15) is 20.6 Å². The van der Waals surface area contributed by atoms with E-state index in [1.165, 1.54) is 27.8 Å². The lowest BCUT2D eigenvalue weighted by Gasteiger charge is -2.19. The van der Waals surface area contributed by atoms with Crippen molar-refractivity contribution in [3.63, 3.8) is 0 Å². The molecule has 0 aliphatic rings. The number of benzene rings is 1. The van der Waals surface area contributed by atoms with Crippen LogP contribution in [0.4, 0.5) is 0 Å². The van der Waals surface area contributed by atoms with Crippen LogP contribution in [0.5, 0.6) is 0 Å². The highest BCUT2D eigenvalue weighted by atomic mass is 32.2. The fourth-order valence-electron chi connectivity index (χ4n) is 2.72. The molecule has 3 aromatic rings. The topological polar surface area (TPSA) is 103 Å². The lowest BCUT2D eigenvalue weighted by Crippen LogP contribution is -2.30. The van der Waals surface area contributed by atoms with Crippen LogP contribution < -0.4 is 0 Å². The van der Waals surface area contributed by atoms with Crippen LogP contribution in [0.15, 0.2) is 44.4 Å². The van der Waals surface area contributed by atoms with Crippen molar-refractivity contribution < 1.29 is 22.5 Å². The summed E-state index contributed by atoms with van der Waals surface area (Å²) in [4.78, 5) is 16.8.